The fourth-order valence-electron chi connectivity index (χ4n) is 1.68. The fraction of sp³-hybridized carbons (Fsp3) is 0. The van der Waals surface area contributed by atoms with Crippen LogP contribution in [0, 0.1) is 5.82 Å². The lowest BCUT2D eigenvalue weighted by molar-refractivity contribution is 0.632. The molecule has 1 aromatic heterocycles. The molecule has 2 nitrogen and oxygen atoms in total. The third-order valence-corrected chi connectivity index (χ3v) is 4.05. The van der Waals surface area contributed by atoms with Gasteiger partial charge >= 0.3 is 0 Å². The van der Waals surface area contributed by atoms with E-state index in [9.17, 15) is 4.39 Å². The van der Waals surface area contributed by atoms with Gasteiger partial charge in [0.25, 0.3) is 0 Å². The van der Waals surface area contributed by atoms with Gasteiger partial charge in [0.1, 0.15) is 5.82 Å². The highest BCUT2D eigenvalue weighted by molar-refractivity contribution is 7.22. The minimum Gasteiger partial charge on any atom is -0.328 e. The minimum absolute atomic E-state index is 0.231. The number of nitrogens with zero attached hydrogens (tertiary/aromatic N) is 1. The third kappa shape index (κ3) is 2.52. The molecular formula is C13H7Cl2FN2S. The van der Waals surface area contributed by atoms with E-state index < -0.39 is 5.82 Å². The molecule has 0 bridgehead atoms. The van der Waals surface area contributed by atoms with Crippen LogP contribution < -0.4 is 5.32 Å². The molecule has 1 N–H and O–H groups in total. The maximum atomic E-state index is 13.7. The second-order valence-electron chi connectivity index (χ2n) is 3.85. The van der Waals surface area contributed by atoms with Gasteiger partial charge in [0, 0.05) is 5.02 Å². The third-order valence-electron chi connectivity index (χ3n) is 2.54. The molecule has 0 spiro atoms. The molecule has 0 radical (unpaired) electrons. The summed E-state index contributed by atoms with van der Waals surface area (Å²) in [7, 11) is 0. The Kier molecular flexibility index (Phi) is 3.31. The number of anilines is 2. The van der Waals surface area contributed by atoms with E-state index >= 15 is 0 Å². The Balaban J connectivity index is 2.01. The molecule has 0 aliphatic rings. The summed E-state index contributed by atoms with van der Waals surface area (Å²) in [6, 6.07) is 9.96. The van der Waals surface area contributed by atoms with Crippen molar-refractivity contribution in [1.29, 1.82) is 0 Å². The van der Waals surface area contributed by atoms with Gasteiger partial charge in [-0.2, -0.15) is 0 Å². The van der Waals surface area contributed by atoms with E-state index in [-0.39, 0.29) is 5.69 Å². The molecule has 3 rings (SSSR count). The molecule has 0 aliphatic carbocycles. The van der Waals surface area contributed by atoms with Gasteiger partial charge in [0.05, 0.1) is 20.9 Å². The summed E-state index contributed by atoms with van der Waals surface area (Å²) in [6.45, 7) is 0. The van der Waals surface area contributed by atoms with E-state index in [0.29, 0.717) is 15.2 Å². The zero-order valence-corrected chi connectivity index (χ0v) is 11.8. The maximum absolute atomic E-state index is 13.7. The van der Waals surface area contributed by atoms with Crippen LogP contribution in [0.25, 0.3) is 10.2 Å². The highest BCUT2D eigenvalue weighted by Gasteiger charge is 2.10. The number of aromatic nitrogens is 1. The number of benzene rings is 2. The topological polar surface area (TPSA) is 24.9 Å². The molecule has 19 heavy (non-hydrogen) atoms. The van der Waals surface area contributed by atoms with Crippen LogP contribution in [0.1, 0.15) is 0 Å². The molecule has 0 saturated carbocycles. The van der Waals surface area contributed by atoms with E-state index in [1.165, 1.54) is 17.4 Å². The van der Waals surface area contributed by atoms with Gasteiger partial charge in [-0.1, -0.05) is 40.6 Å². The van der Waals surface area contributed by atoms with Crippen LogP contribution in [0.15, 0.2) is 36.4 Å². The van der Waals surface area contributed by atoms with Crippen LogP contribution in [0.4, 0.5) is 15.2 Å². The predicted molar refractivity (Wildman–Crippen MR) is 79.3 cm³/mol. The molecular weight excluding hydrogens is 306 g/mol. The second kappa shape index (κ2) is 4.96. The predicted octanol–water partition coefficient (Wildman–Crippen LogP) is 5.49. The molecule has 0 aliphatic heterocycles. The first-order chi connectivity index (χ1) is 9.13. The van der Waals surface area contributed by atoms with E-state index in [2.05, 4.69) is 10.3 Å². The normalized spacial score (nSPS) is 10.9. The molecule has 96 valence electrons. The largest absolute Gasteiger partial charge is 0.328 e. The Bertz CT molecular complexity index is 737. The average molecular weight is 313 g/mol. The van der Waals surface area contributed by atoms with Crippen LogP contribution in [0.5, 0.6) is 0 Å². The van der Waals surface area contributed by atoms with E-state index in [1.54, 1.807) is 24.3 Å². The van der Waals surface area contributed by atoms with Crippen molar-refractivity contribution in [2.24, 2.45) is 0 Å². The summed E-state index contributed by atoms with van der Waals surface area (Å²) < 4.78 is 14.6. The van der Waals surface area contributed by atoms with Crippen molar-refractivity contribution in [2.75, 3.05) is 5.32 Å². The van der Waals surface area contributed by atoms with Gasteiger partial charge in [-0.15, -0.1) is 0 Å². The Morgan fingerprint density at radius 1 is 1.16 bits per heavy atom. The van der Waals surface area contributed by atoms with Crippen molar-refractivity contribution >= 4 is 55.6 Å². The number of thiazole rings is 1. The molecule has 6 heteroatoms. The van der Waals surface area contributed by atoms with Gasteiger partial charge < -0.3 is 5.32 Å². The van der Waals surface area contributed by atoms with Crippen molar-refractivity contribution in [3.63, 3.8) is 0 Å². The van der Waals surface area contributed by atoms with Crippen LogP contribution in [0.3, 0.4) is 0 Å². The molecule has 1 heterocycles. The summed E-state index contributed by atoms with van der Waals surface area (Å²) in [5.74, 6) is -0.412. The quantitative estimate of drug-likeness (QED) is 0.677. The summed E-state index contributed by atoms with van der Waals surface area (Å²) in [5, 5.41) is 4.42. The van der Waals surface area contributed by atoms with E-state index in [4.69, 9.17) is 23.2 Å². The summed E-state index contributed by atoms with van der Waals surface area (Å²) in [4.78, 5) is 4.35. The minimum atomic E-state index is -0.412. The maximum Gasteiger partial charge on any atom is 0.188 e. The number of rotatable bonds is 2. The number of nitrogens with one attached hydrogen (secondary N) is 1. The molecule has 3 aromatic rings. The second-order valence-corrected chi connectivity index (χ2v) is 5.73. The average Bonchev–Trinajstić information content (AvgIpc) is 2.75. The van der Waals surface area contributed by atoms with Gasteiger partial charge in [0.2, 0.25) is 0 Å². The molecule has 0 amide bonds. The molecule has 0 fully saturated rings. The Hall–Kier alpha value is -1.36. The highest BCUT2D eigenvalue weighted by Crippen LogP contribution is 2.33. The van der Waals surface area contributed by atoms with Crippen LogP contribution >= 0.6 is 34.5 Å². The van der Waals surface area contributed by atoms with Crippen LogP contribution in [0.2, 0.25) is 10.0 Å². The van der Waals surface area contributed by atoms with Gasteiger partial charge in [-0.3, -0.25) is 0 Å². The van der Waals surface area contributed by atoms with Crippen LogP contribution in [-0.4, -0.2) is 4.98 Å². The lowest BCUT2D eigenvalue weighted by Crippen LogP contribution is -1.93. The molecule has 0 atom stereocenters. The lowest BCUT2D eigenvalue weighted by Gasteiger charge is -2.05. The van der Waals surface area contributed by atoms with Crippen LogP contribution in [-0.2, 0) is 0 Å². The molecule has 2 aromatic carbocycles. The van der Waals surface area contributed by atoms with Crippen molar-refractivity contribution < 1.29 is 4.39 Å². The van der Waals surface area contributed by atoms with E-state index in [0.717, 1.165) is 10.2 Å². The van der Waals surface area contributed by atoms with Crippen molar-refractivity contribution in [3.05, 3.63) is 52.3 Å². The standard InChI is InChI=1S/C13H7Cl2FN2S/c14-7-4-5-11-10(6-7)17-13(19-11)18-12-8(15)2-1-3-9(12)16/h1-6H,(H,17,18). The summed E-state index contributed by atoms with van der Waals surface area (Å²) >= 11 is 13.3. The number of fused-ring (bicyclic) bond motifs is 1. The number of hydrogen-bond acceptors (Lipinski definition) is 3. The zero-order chi connectivity index (χ0) is 13.4. The SMILES string of the molecule is Fc1cccc(Cl)c1Nc1nc2cc(Cl)ccc2s1. The Labute approximate surface area is 122 Å². The smallest absolute Gasteiger partial charge is 0.188 e. The van der Waals surface area contributed by atoms with Gasteiger partial charge in [0.15, 0.2) is 5.13 Å². The number of hydrogen-bond donors (Lipinski definition) is 1. The highest BCUT2D eigenvalue weighted by atomic mass is 35.5. The number of halogens is 3. The first-order valence-corrected chi connectivity index (χ1v) is 6.98. The van der Waals surface area contributed by atoms with Crippen molar-refractivity contribution in [2.45, 2.75) is 0 Å². The molecule has 0 unspecified atom stereocenters. The first kappa shape index (κ1) is 12.7. The monoisotopic (exact) mass is 312 g/mol. The Morgan fingerprint density at radius 2 is 2.00 bits per heavy atom. The summed E-state index contributed by atoms with van der Waals surface area (Å²) in [6.07, 6.45) is 0. The molecule has 0 saturated heterocycles. The summed E-state index contributed by atoms with van der Waals surface area (Å²) in [5.41, 5.74) is 1.00. The number of para-hydroxylation sites is 1. The van der Waals surface area contributed by atoms with Crippen molar-refractivity contribution in [3.8, 4) is 0 Å². The zero-order valence-electron chi connectivity index (χ0n) is 9.45. The van der Waals surface area contributed by atoms with E-state index in [1.807, 2.05) is 6.07 Å². The lowest BCUT2D eigenvalue weighted by atomic mass is 10.3. The van der Waals surface area contributed by atoms with Gasteiger partial charge in [-0.25, -0.2) is 9.37 Å². The Morgan fingerprint density at radius 3 is 2.79 bits per heavy atom. The first-order valence-electron chi connectivity index (χ1n) is 5.40. The van der Waals surface area contributed by atoms with Crippen molar-refractivity contribution in [1.82, 2.24) is 4.98 Å². The van der Waals surface area contributed by atoms with Gasteiger partial charge in [-0.05, 0) is 30.3 Å². The fourth-order valence-corrected chi connectivity index (χ4v) is 2.91.